The molecule has 0 aromatic heterocycles. The van der Waals surface area contributed by atoms with Crippen molar-refractivity contribution in [3.8, 4) is 0 Å². The van der Waals surface area contributed by atoms with Gasteiger partial charge in [-0.05, 0) is 40.2 Å². The molecule has 1 atom stereocenters. The van der Waals surface area contributed by atoms with Crippen LogP contribution < -0.4 is 5.73 Å². The summed E-state index contributed by atoms with van der Waals surface area (Å²) >= 11 is 0. The maximum Gasteiger partial charge on any atom is 0.0305 e. The van der Waals surface area contributed by atoms with Crippen molar-refractivity contribution in [1.29, 1.82) is 0 Å². The van der Waals surface area contributed by atoms with Crippen LogP contribution in [-0.2, 0) is 0 Å². The van der Waals surface area contributed by atoms with Crippen LogP contribution in [-0.4, -0.2) is 30.1 Å². The highest BCUT2D eigenvalue weighted by Crippen LogP contribution is 2.35. The van der Waals surface area contributed by atoms with E-state index in [-0.39, 0.29) is 5.54 Å². The van der Waals surface area contributed by atoms with Gasteiger partial charge in [0.15, 0.2) is 0 Å². The van der Waals surface area contributed by atoms with Crippen LogP contribution in [0.4, 0.5) is 0 Å². The van der Waals surface area contributed by atoms with Crippen molar-refractivity contribution in [3.05, 3.63) is 0 Å². The largest absolute Gasteiger partial charge is 0.329 e. The number of hydrogen-bond acceptors (Lipinski definition) is 2. The Labute approximate surface area is 88.8 Å². The Kier molecular flexibility index (Phi) is 3.96. The van der Waals surface area contributed by atoms with Crippen LogP contribution >= 0.6 is 0 Å². The summed E-state index contributed by atoms with van der Waals surface area (Å²) in [5, 5.41) is 0. The molecule has 2 heteroatoms. The Bertz CT molecular complexity index is 175. The third-order valence-corrected chi connectivity index (χ3v) is 4.02. The number of rotatable bonds is 5. The van der Waals surface area contributed by atoms with E-state index in [4.69, 9.17) is 5.73 Å². The van der Waals surface area contributed by atoms with Gasteiger partial charge in [-0.2, -0.15) is 0 Å². The van der Waals surface area contributed by atoms with E-state index in [0.717, 1.165) is 12.5 Å². The first-order valence-corrected chi connectivity index (χ1v) is 5.92. The first-order valence-electron chi connectivity index (χ1n) is 5.92. The summed E-state index contributed by atoms with van der Waals surface area (Å²) in [7, 11) is 2.20. The molecule has 2 N–H and O–H groups in total. The molecule has 1 fully saturated rings. The third kappa shape index (κ3) is 2.48. The minimum Gasteiger partial charge on any atom is -0.329 e. The lowest BCUT2D eigenvalue weighted by atomic mass is 9.76. The molecular formula is C12H26N2. The SMILES string of the molecule is CC(C)N(C)C(C)(CN)CC1CCC1. The third-order valence-electron chi connectivity index (χ3n) is 4.02. The molecule has 1 unspecified atom stereocenters. The van der Waals surface area contributed by atoms with Crippen molar-refractivity contribution in [1.82, 2.24) is 4.90 Å². The fraction of sp³-hybridized carbons (Fsp3) is 1.00. The molecule has 1 aliphatic carbocycles. The average molecular weight is 198 g/mol. The molecule has 0 radical (unpaired) electrons. The normalized spacial score (nSPS) is 22.5. The number of nitrogens with zero attached hydrogens (tertiary/aromatic N) is 1. The predicted octanol–water partition coefficient (Wildman–Crippen LogP) is 2.23. The van der Waals surface area contributed by atoms with E-state index in [1.807, 2.05) is 0 Å². The molecule has 1 rings (SSSR count). The highest BCUT2D eigenvalue weighted by molar-refractivity contribution is 4.91. The van der Waals surface area contributed by atoms with E-state index in [2.05, 4.69) is 32.7 Å². The summed E-state index contributed by atoms with van der Waals surface area (Å²) in [6, 6.07) is 0.587. The average Bonchev–Trinajstić information content (AvgIpc) is 2.09. The summed E-state index contributed by atoms with van der Waals surface area (Å²) in [5.41, 5.74) is 6.14. The number of likely N-dealkylation sites (N-methyl/N-ethyl adjacent to an activating group) is 1. The van der Waals surface area contributed by atoms with E-state index in [0.29, 0.717) is 6.04 Å². The Morgan fingerprint density at radius 3 is 2.29 bits per heavy atom. The summed E-state index contributed by atoms with van der Waals surface area (Å²) in [4.78, 5) is 2.44. The maximum absolute atomic E-state index is 5.93. The van der Waals surface area contributed by atoms with Gasteiger partial charge in [0.05, 0.1) is 0 Å². The summed E-state index contributed by atoms with van der Waals surface area (Å²) in [6.45, 7) is 7.58. The lowest BCUT2D eigenvalue weighted by Gasteiger charge is -2.44. The fourth-order valence-electron chi connectivity index (χ4n) is 2.31. The second-order valence-corrected chi connectivity index (χ2v) is 5.41. The lowest BCUT2D eigenvalue weighted by Crippen LogP contribution is -2.53. The molecule has 0 aromatic rings. The first-order chi connectivity index (χ1) is 6.49. The van der Waals surface area contributed by atoms with Crippen molar-refractivity contribution in [2.24, 2.45) is 11.7 Å². The lowest BCUT2D eigenvalue weighted by molar-refractivity contribution is 0.0669. The highest BCUT2D eigenvalue weighted by atomic mass is 15.2. The number of hydrogen-bond donors (Lipinski definition) is 1. The first kappa shape index (κ1) is 12.0. The second kappa shape index (κ2) is 4.63. The van der Waals surface area contributed by atoms with Crippen LogP contribution in [0, 0.1) is 5.92 Å². The molecular weight excluding hydrogens is 172 g/mol. The van der Waals surface area contributed by atoms with Gasteiger partial charge in [0, 0.05) is 18.1 Å². The summed E-state index contributed by atoms with van der Waals surface area (Å²) in [6.07, 6.45) is 5.54. The molecule has 0 bridgehead atoms. The molecule has 0 aliphatic heterocycles. The second-order valence-electron chi connectivity index (χ2n) is 5.41. The zero-order chi connectivity index (χ0) is 10.8. The topological polar surface area (TPSA) is 29.3 Å². The quantitative estimate of drug-likeness (QED) is 0.734. The molecule has 84 valence electrons. The molecule has 0 amide bonds. The van der Waals surface area contributed by atoms with E-state index in [1.54, 1.807) is 0 Å². The molecule has 0 aromatic carbocycles. The zero-order valence-electron chi connectivity index (χ0n) is 10.2. The van der Waals surface area contributed by atoms with E-state index < -0.39 is 0 Å². The van der Waals surface area contributed by atoms with Gasteiger partial charge >= 0.3 is 0 Å². The molecule has 1 aliphatic rings. The van der Waals surface area contributed by atoms with Gasteiger partial charge in [-0.15, -0.1) is 0 Å². The molecule has 1 saturated carbocycles. The zero-order valence-corrected chi connectivity index (χ0v) is 10.2. The van der Waals surface area contributed by atoms with Crippen molar-refractivity contribution in [2.75, 3.05) is 13.6 Å². The molecule has 0 spiro atoms. The predicted molar refractivity (Wildman–Crippen MR) is 62.3 cm³/mol. The fourth-order valence-corrected chi connectivity index (χ4v) is 2.31. The minimum atomic E-state index is 0.208. The van der Waals surface area contributed by atoms with Crippen molar-refractivity contribution >= 4 is 0 Å². The van der Waals surface area contributed by atoms with E-state index in [9.17, 15) is 0 Å². The smallest absolute Gasteiger partial charge is 0.0305 e. The molecule has 0 saturated heterocycles. The standard InChI is InChI=1S/C12H26N2/c1-10(2)14(4)12(3,9-13)8-11-6-5-7-11/h10-11H,5-9,13H2,1-4H3. The maximum atomic E-state index is 5.93. The molecule has 0 heterocycles. The van der Waals surface area contributed by atoms with Gasteiger partial charge in [0.25, 0.3) is 0 Å². The van der Waals surface area contributed by atoms with E-state index in [1.165, 1.54) is 25.7 Å². The monoisotopic (exact) mass is 198 g/mol. The Morgan fingerprint density at radius 2 is 2.00 bits per heavy atom. The van der Waals surface area contributed by atoms with Crippen molar-refractivity contribution < 1.29 is 0 Å². The van der Waals surface area contributed by atoms with Crippen LogP contribution in [0.1, 0.15) is 46.5 Å². The van der Waals surface area contributed by atoms with Crippen LogP contribution in [0.15, 0.2) is 0 Å². The number of nitrogens with two attached hydrogens (primary N) is 1. The molecule has 14 heavy (non-hydrogen) atoms. The van der Waals surface area contributed by atoms with E-state index >= 15 is 0 Å². The van der Waals surface area contributed by atoms with Crippen LogP contribution in [0.3, 0.4) is 0 Å². The Morgan fingerprint density at radius 1 is 1.43 bits per heavy atom. The van der Waals surface area contributed by atoms with Crippen LogP contribution in [0.5, 0.6) is 0 Å². The minimum absolute atomic E-state index is 0.208. The highest BCUT2D eigenvalue weighted by Gasteiger charge is 2.34. The van der Waals surface area contributed by atoms with Gasteiger partial charge in [0.2, 0.25) is 0 Å². The van der Waals surface area contributed by atoms with Gasteiger partial charge in [-0.1, -0.05) is 19.3 Å². The van der Waals surface area contributed by atoms with Gasteiger partial charge in [0.1, 0.15) is 0 Å². The van der Waals surface area contributed by atoms with Crippen molar-refractivity contribution in [2.45, 2.75) is 58.0 Å². The summed E-state index contributed by atoms with van der Waals surface area (Å²) in [5.74, 6) is 0.935. The molecule has 2 nitrogen and oxygen atoms in total. The van der Waals surface area contributed by atoms with Crippen LogP contribution in [0.2, 0.25) is 0 Å². The van der Waals surface area contributed by atoms with Gasteiger partial charge < -0.3 is 5.73 Å². The van der Waals surface area contributed by atoms with Crippen molar-refractivity contribution in [3.63, 3.8) is 0 Å². The van der Waals surface area contributed by atoms with Crippen LogP contribution in [0.25, 0.3) is 0 Å². The van der Waals surface area contributed by atoms with Gasteiger partial charge in [-0.3, -0.25) is 4.90 Å². The summed E-state index contributed by atoms with van der Waals surface area (Å²) < 4.78 is 0. The Hall–Kier alpha value is -0.0800. The Balaban J connectivity index is 2.54. The van der Waals surface area contributed by atoms with Gasteiger partial charge in [-0.25, -0.2) is 0 Å².